The van der Waals surface area contributed by atoms with Gasteiger partial charge in [-0.25, -0.2) is 0 Å². The Bertz CT molecular complexity index is 612. The summed E-state index contributed by atoms with van der Waals surface area (Å²) in [5.74, 6) is 0. The summed E-state index contributed by atoms with van der Waals surface area (Å²) >= 11 is 0. The van der Waals surface area contributed by atoms with E-state index in [1.165, 1.54) is 28.6 Å². The first-order valence-corrected chi connectivity index (χ1v) is 7.22. The summed E-state index contributed by atoms with van der Waals surface area (Å²) in [5.41, 5.74) is 4.87. The number of nitrogens with one attached hydrogen (secondary N) is 1. The Hall–Kier alpha value is -1.65. The number of aryl methyl sites for hydroxylation is 1. The lowest BCUT2D eigenvalue weighted by Crippen LogP contribution is -2.21. The van der Waals surface area contributed by atoms with E-state index in [1.807, 2.05) is 13.2 Å². The number of nitrogens with zero attached hydrogens (tertiary/aromatic N) is 2. The molecule has 2 aromatic rings. The predicted octanol–water partition coefficient (Wildman–Crippen LogP) is 2.02. The lowest BCUT2D eigenvalue weighted by atomic mass is 10.0. The number of hydrogen-bond acceptors (Lipinski definition) is 4. The highest BCUT2D eigenvalue weighted by atomic mass is 16.3. The van der Waals surface area contributed by atoms with Gasteiger partial charge in [0.15, 0.2) is 0 Å². The first-order valence-electron chi connectivity index (χ1n) is 7.22. The van der Waals surface area contributed by atoms with Crippen molar-refractivity contribution >= 4 is 16.6 Å². The minimum Gasteiger partial charge on any atom is -0.395 e. The second-order valence-corrected chi connectivity index (χ2v) is 5.50. The number of aliphatic hydroxyl groups is 1. The molecule has 0 fully saturated rings. The summed E-state index contributed by atoms with van der Waals surface area (Å²) in [7, 11) is 2.02. The fourth-order valence-corrected chi connectivity index (χ4v) is 2.83. The monoisotopic (exact) mass is 271 g/mol. The van der Waals surface area contributed by atoms with Gasteiger partial charge >= 0.3 is 0 Å². The van der Waals surface area contributed by atoms with Crippen LogP contribution in [0.5, 0.6) is 0 Å². The molecule has 4 heteroatoms. The molecule has 1 aromatic carbocycles. The van der Waals surface area contributed by atoms with Crippen LogP contribution in [0.2, 0.25) is 0 Å². The van der Waals surface area contributed by atoms with Crippen LogP contribution < -0.4 is 5.32 Å². The van der Waals surface area contributed by atoms with Crippen LogP contribution in [0.3, 0.4) is 0 Å². The predicted molar refractivity (Wildman–Crippen MR) is 82.0 cm³/mol. The highest BCUT2D eigenvalue weighted by Gasteiger charge is 2.13. The van der Waals surface area contributed by atoms with Gasteiger partial charge in [0.25, 0.3) is 0 Å². The van der Waals surface area contributed by atoms with Crippen LogP contribution in [0.4, 0.5) is 5.69 Å². The standard InChI is InChI=1S/C16H21N3O/c1-19(7-8-20)11-12-4-5-14-15(9-12)18-10-13-3-2-6-17-16(13)14/h4-5,9-10,17,20H,2-3,6-8,11H2,1H3. The van der Waals surface area contributed by atoms with Crippen molar-refractivity contribution < 1.29 is 5.11 Å². The Balaban J connectivity index is 1.92. The summed E-state index contributed by atoms with van der Waals surface area (Å²) < 4.78 is 0. The van der Waals surface area contributed by atoms with Crippen molar-refractivity contribution in [1.29, 1.82) is 0 Å². The number of rotatable bonds is 4. The zero-order valence-electron chi connectivity index (χ0n) is 11.9. The van der Waals surface area contributed by atoms with Gasteiger partial charge in [-0.3, -0.25) is 9.88 Å². The highest BCUT2D eigenvalue weighted by molar-refractivity contribution is 5.93. The lowest BCUT2D eigenvalue weighted by molar-refractivity contribution is 0.217. The topological polar surface area (TPSA) is 48.4 Å². The van der Waals surface area contributed by atoms with E-state index in [4.69, 9.17) is 5.11 Å². The van der Waals surface area contributed by atoms with Crippen LogP contribution in [0, 0.1) is 0 Å². The van der Waals surface area contributed by atoms with Crippen LogP contribution >= 0.6 is 0 Å². The van der Waals surface area contributed by atoms with E-state index in [0.717, 1.165) is 25.0 Å². The van der Waals surface area contributed by atoms with E-state index in [-0.39, 0.29) is 6.61 Å². The van der Waals surface area contributed by atoms with E-state index < -0.39 is 0 Å². The van der Waals surface area contributed by atoms with Crippen LogP contribution in [-0.2, 0) is 13.0 Å². The minimum absolute atomic E-state index is 0.194. The fourth-order valence-electron chi connectivity index (χ4n) is 2.83. The average molecular weight is 271 g/mol. The molecule has 1 aromatic heterocycles. The van der Waals surface area contributed by atoms with E-state index in [2.05, 4.69) is 33.4 Å². The van der Waals surface area contributed by atoms with E-state index >= 15 is 0 Å². The average Bonchev–Trinajstić information content (AvgIpc) is 2.47. The van der Waals surface area contributed by atoms with Gasteiger partial charge in [-0.15, -0.1) is 0 Å². The van der Waals surface area contributed by atoms with Gasteiger partial charge in [-0.1, -0.05) is 12.1 Å². The molecule has 106 valence electrons. The molecule has 0 saturated carbocycles. The van der Waals surface area contributed by atoms with Crippen LogP contribution in [0.15, 0.2) is 24.4 Å². The molecule has 2 N–H and O–H groups in total. The van der Waals surface area contributed by atoms with Crippen molar-refractivity contribution in [3.05, 3.63) is 35.5 Å². The zero-order valence-corrected chi connectivity index (χ0v) is 11.9. The molecule has 0 spiro atoms. The molecule has 2 heterocycles. The zero-order chi connectivity index (χ0) is 13.9. The number of anilines is 1. The molecule has 4 nitrogen and oxygen atoms in total. The molecule has 0 bridgehead atoms. The summed E-state index contributed by atoms with van der Waals surface area (Å²) in [6.45, 7) is 2.77. The third kappa shape index (κ3) is 2.62. The summed E-state index contributed by atoms with van der Waals surface area (Å²) in [4.78, 5) is 6.71. The number of aliphatic hydroxyl groups excluding tert-OH is 1. The molecule has 0 atom stereocenters. The number of pyridine rings is 1. The van der Waals surface area contributed by atoms with Crippen molar-refractivity contribution in [2.75, 3.05) is 32.1 Å². The molecular weight excluding hydrogens is 250 g/mol. The fraction of sp³-hybridized carbons (Fsp3) is 0.438. The van der Waals surface area contributed by atoms with Gasteiger partial charge in [0.1, 0.15) is 0 Å². The number of likely N-dealkylation sites (N-methyl/N-ethyl adjacent to an activating group) is 1. The third-order valence-corrected chi connectivity index (χ3v) is 3.87. The highest BCUT2D eigenvalue weighted by Crippen LogP contribution is 2.30. The lowest BCUT2D eigenvalue weighted by Gasteiger charge is -2.20. The van der Waals surface area contributed by atoms with Crippen molar-refractivity contribution in [2.45, 2.75) is 19.4 Å². The van der Waals surface area contributed by atoms with Gasteiger partial charge in [0, 0.05) is 36.9 Å². The first kappa shape index (κ1) is 13.3. The molecule has 1 aliphatic heterocycles. The van der Waals surface area contributed by atoms with Gasteiger partial charge in [0.2, 0.25) is 0 Å². The van der Waals surface area contributed by atoms with Crippen molar-refractivity contribution in [3.63, 3.8) is 0 Å². The van der Waals surface area contributed by atoms with Crippen molar-refractivity contribution in [3.8, 4) is 0 Å². The second-order valence-electron chi connectivity index (χ2n) is 5.50. The van der Waals surface area contributed by atoms with Crippen molar-refractivity contribution in [2.24, 2.45) is 0 Å². The second kappa shape index (κ2) is 5.77. The molecule has 0 aliphatic carbocycles. The maximum Gasteiger partial charge on any atom is 0.0726 e. The van der Waals surface area contributed by atoms with Crippen molar-refractivity contribution in [1.82, 2.24) is 9.88 Å². The summed E-state index contributed by atoms with van der Waals surface area (Å²) in [6, 6.07) is 6.48. The molecule has 1 aliphatic rings. The summed E-state index contributed by atoms with van der Waals surface area (Å²) in [6.07, 6.45) is 4.31. The SMILES string of the molecule is CN(CCO)Cc1ccc2c3c(cnc2c1)CCCN3. The number of hydrogen-bond donors (Lipinski definition) is 2. The molecule has 0 radical (unpaired) electrons. The first-order chi connectivity index (χ1) is 9.78. The van der Waals surface area contributed by atoms with Crippen LogP contribution in [-0.4, -0.2) is 41.7 Å². The van der Waals surface area contributed by atoms with Gasteiger partial charge in [0.05, 0.1) is 12.1 Å². The Kier molecular flexibility index (Phi) is 3.85. The Labute approximate surface area is 119 Å². The number of benzene rings is 1. The largest absolute Gasteiger partial charge is 0.395 e. The maximum atomic E-state index is 8.96. The molecule has 0 saturated heterocycles. The quantitative estimate of drug-likeness (QED) is 0.893. The Morgan fingerprint density at radius 3 is 3.15 bits per heavy atom. The molecule has 0 amide bonds. The Morgan fingerprint density at radius 1 is 1.40 bits per heavy atom. The molecule has 0 unspecified atom stereocenters. The van der Waals surface area contributed by atoms with E-state index in [0.29, 0.717) is 6.54 Å². The van der Waals surface area contributed by atoms with Crippen LogP contribution in [0.25, 0.3) is 10.9 Å². The number of aromatic nitrogens is 1. The maximum absolute atomic E-state index is 8.96. The summed E-state index contributed by atoms with van der Waals surface area (Å²) in [5, 5.41) is 13.7. The molecular formula is C16H21N3O. The van der Waals surface area contributed by atoms with Gasteiger partial charge in [-0.05, 0) is 37.1 Å². The van der Waals surface area contributed by atoms with Gasteiger partial charge in [-0.2, -0.15) is 0 Å². The minimum atomic E-state index is 0.194. The normalized spacial score (nSPS) is 14.3. The van der Waals surface area contributed by atoms with Crippen LogP contribution in [0.1, 0.15) is 17.5 Å². The number of fused-ring (bicyclic) bond motifs is 3. The van der Waals surface area contributed by atoms with E-state index in [1.54, 1.807) is 0 Å². The van der Waals surface area contributed by atoms with Gasteiger partial charge < -0.3 is 10.4 Å². The smallest absolute Gasteiger partial charge is 0.0726 e. The third-order valence-electron chi connectivity index (χ3n) is 3.87. The molecule has 3 rings (SSSR count). The molecule has 20 heavy (non-hydrogen) atoms. The Morgan fingerprint density at radius 2 is 2.30 bits per heavy atom. The van der Waals surface area contributed by atoms with E-state index in [9.17, 15) is 0 Å².